The molecule has 0 amide bonds. The zero-order valence-electron chi connectivity index (χ0n) is 18.5. The Morgan fingerprint density at radius 3 is 1.21 bits per heavy atom. The maximum atomic E-state index is 2.23. The highest BCUT2D eigenvalue weighted by Gasteiger charge is 2.07. The first kappa shape index (κ1) is 20.9. The van der Waals surface area contributed by atoms with Crippen molar-refractivity contribution in [1.82, 2.24) is 0 Å². The van der Waals surface area contributed by atoms with Crippen molar-refractivity contribution in [2.24, 2.45) is 0 Å². The van der Waals surface area contributed by atoms with E-state index < -0.39 is 0 Å². The Hall–Kier alpha value is -3.72. The summed E-state index contributed by atoms with van der Waals surface area (Å²) in [6.07, 6.45) is 0. The van der Waals surface area contributed by atoms with Crippen LogP contribution < -0.4 is 0 Å². The molecule has 0 atom stereocenters. The van der Waals surface area contributed by atoms with Crippen LogP contribution >= 0.6 is 22.7 Å². The van der Waals surface area contributed by atoms with Crippen LogP contribution in [0.15, 0.2) is 133 Å². The smallest absolute Gasteiger partial charge is 0.0449 e. The van der Waals surface area contributed by atoms with Gasteiger partial charge in [-0.05, 0) is 62.5 Å². The molecule has 0 aliphatic rings. The molecule has 2 heterocycles. The minimum atomic E-state index is 1.24. The van der Waals surface area contributed by atoms with Crippen LogP contribution in [-0.2, 0) is 0 Å². The van der Waals surface area contributed by atoms with Crippen LogP contribution in [-0.4, -0.2) is 0 Å². The minimum absolute atomic E-state index is 1.24. The highest BCUT2D eigenvalue weighted by atomic mass is 32.1. The third kappa shape index (κ3) is 4.26. The van der Waals surface area contributed by atoms with Crippen LogP contribution in [0.1, 0.15) is 0 Å². The van der Waals surface area contributed by atoms with Crippen molar-refractivity contribution >= 4 is 22.7 Å². The van der Waals surface area contributed by atoms with Gasteiger partial charge in [0.05, 0.1) is 0 Å². The van der Waals surface area contributed by atoms with Crippen LogP contribution in [0.3, 0.4) is 0 Å². The maximum Gasteiger partial charge on any atom is 0.0449 e. The average molecular weight is 471 g/mol. The molecule has 0 bridgehead atoms. The first-order chi connectivity index (χ1) is 16.8. The molecular weight excluding hydrogens is 448 g/mol. The molecule has 6 rings (SSSR count). The summed E-state index contributed by atoms with van der Waals surface area (Å²) in [5, 5.41) is 2.13. The normalized spacial score (nSPS) is 10.9. The van der Waals surface area contributed by atoms with Gasteiger partial charge in [0.25, 0.3) is 0 Å². The van der Waals surface area contributed by atoms with Crippen molar-refractivity contribution < 1.29 is 0 Å². The van der Waals surface area contributed by atoms with Crippen molar-refractivity contribution in [3.8, 4) is 53.6 Å². The lowest BCUT2D eigenvalue weighted by Gasteiger charge is -2.07. The van der Waals surface area contributed by atoms with E-state index in [9.17, 15) is 0 Å². The summed E-state index contributed by atoms with van der Waals surface area (Å²) in [6.45, 7) is 0. The molecule has 4 aromatic carbocycles. The zero-order chi connectivity index (χ0) is 22.7. The van der Waals surface area contributed by atoms with Crippen LogP contribution in [0.25, 0.3) is 53.6 Å². The molecule has 162 valence electrons. The van der Waals surface area contributed by atoms with E-state index in [1.54, 1.807) is 11.3 Å². The van der Waals surface area contributed by atoms with Crippen LogP contribution in [0, 0.1) is 0 Å². The van der Waals surface area contributed by atoms with E-state index in [0.717, 1.165) is 0 Å². The largest absolute Gasteiger partial charge is 0.143 e. The molecule has 0 radical (unpaired) electrons. The molecule has 2 aromatic heterocycles. The molecule has 34 heavy (non-hydrogen) atoms. The summed E-state index contributed by atoms with van der Waals surface area (Å²) < 4.78 is 0. The predicted octanol–water partition coefficient (Wildman–Crippen LogP) is 10.1. The zero-order valence-corrected chi connectivity index (χ0v) is 20.2. The van der Waals surface area contributed by atoms with E-state index in [1.807, 2.05) is 11.3 Å². The Bertz CT molecular complexity index is 1490. The first-order valence-corrected chi connectivity index (χ1v) is 13.0. The second-order valence-corrected chi connectivity index (χ2v) is 10.3. The van der Waals surface area contributed by atoms with Gasteiger partial charge in [-0.15, -0.1) is 22.7 Å². The average Bonchev–Trinajstić information content (AvgIpc) is 3.62. The Labute approximate surface area is 208 Å². The van der Waals surface area contributed by atoms with Crippen molar-refractivity contribution in [1.29, 1.82) is 0 Å². The van der Waals surface area contributed by atoms with Gasteiger partial charge in [-0.25, -0.2) is 0 Å². The lowest BCUT2D eigenvalue weighted by Crippen LogP contribution is -1.82. The van der Waals surface area contributed by atoms with E-state index in [1.165, 1.54) is 53.6 Å². The predicted molar refractivity (Wildman–Crippen MR) is 149 cm³/mol. The summed E-state index contributed by atoms with van der Waals surface area (Å²) in [7, 11) is 0. The second-order valence-electron chi connectivity index (χ2n) is 8.24. The standard InChI is InChI=1S/C32H22S2/c1-2-5-23(6-3-1)24-8-10-25(11-9-24)26-12-14-27(15-13-26)28-16-18-29(19-17-28)30-20-21-32(34-30)31-7-4-22-33-31/h1-22H. The number of thiophene rings is 2. The van der Waals surface area contributed by atoms with Gasteiger partial charge in [-0.1, -0.05) is 109 Å². The number of hydrogen-bond donors (Lipinski definition) is 0. The van der Waals surface area contributed by atoms with Crippen LogP contribution in [0.5, 0.6) is 0 Å². The van der Waals surface area contributed by atoms with Gasteiger partial charge >= 0.3 is 0 Å². The van der Waals surface area contributed by atoms with Crippen molar-refractivity contribution in [3.63, 3.8) is 0 Å². The van der Waals surface area contributed by atoms with E-state index >= 15 is 0 Å². The third-order valence-corrected chi connectivity index (χ3v) is 8.28. The fourth-order valence-electron chi connectivity index (χ4n) is 4.21. The molecule has 0 aliphatic heterocycles. The van der Waals surface area contributed by atoms with E-state index in [0.29, 0.717) is 0 Å². The molecule has 0 saturated heterocycles. The van der Waals surface area contributed by atoms with Gasteiger partial charge in [-0.3, -0.25) is 0 Å². The molecule has 0 unspecified atom stereocenters. The highest BCUT2D eigenvalue weighted by molar-refractivity contribution is 7.23. The van der Waals surface area contributed by atoms with Gasteiger partial charge in [0.1, 0.15) is 0 Å². The SMILES string of the molecule is c1ccc(-c2ccc(-c3ccc(-c4ccc(-c5ccc(-c6cccs6)s5)cc4)cc3)cc2)cc1. The van der Waals surface area contributed by atoms with E-state index in [2.05, 4.69) is 133 Å². The quantitative estimate of drug-likeness (QED) is 0.235. The number of benzene rings is 4. The fourth-order valence-corrected chi connectivity index (χ4v) is 6.06. The van der Waals surface area contributed by atoms with E-state index in [4.69, 9.17) is 0 Å². The Balaban J connectivity index is 1.19. The van der Waals surface area contributed by atoms with Gasteiger partial charge in [0.15, 0.2) is 0 Å². The van der Waals surface area contributed by atoms with Gasteiger partial charge in [0, 0.05) is 14.6 Å². The summed E-state index contributed by atoms with van der Waals surface area (Å²) in [4.78, 5) is 3.98. The summed E-state index contributed by atoms with van der Waals surface area (Å²) in [5.74, 6) is 0. The van der Waals surface area contributed by atoms with Crippen molar-refractivity contribution in [2.75, 3.05) is 0 Å². The fraction of sp³-hybridized carbons (Fsp3) is 0. The molecule has 0 aliphatic carbocycles. The van der Waals surface area contributed by atoms with Crippen molar-refractivity contribution in [3.05, 3.63) is 133 Å². The minimum Gasteiger partial charge on any atom is -0.143 e. The molecular formula is C32H22S2. The maximum absolute atomic E-state index is 2.23. The molecule has 0 fully saturated rings. The molecule has 0 nitrogen and oxygen atoms in total. The monoisotopic (exact) mass is 470 g/mol. The Morgan fingerprint density at radius 1 is 0.294 bits per heavy atom. The van der Waals surface area contributed by atoms with Crippen LogP contribution in [0.4, 0.5) is 0 Å². The molecule has 0 N–H and O–H groups in total. The second kappa shape index (κ2) is 9.26. The molecule has 0 spiro atoms. The Kier molecular flexibility index (Phi) is 5.68. The molecule has 2 heteroatoms. The molecule has 6 aromatic rings. The van der Waals surface area contributed by atoms with Crippen LogP contribution in [0.2, 0.25) is 0 Å². The molecule has 0 saturated carbocycles. The van der Waals surface area contributed by atoms with Gasteiger partial charge in [-0.2, -0.15) is 0 Å². The van der Waals surface area contributed by atoms with Gasteiger partial charge < -0.3 is 0 Å². The topological polar surface area (TPSA) is 0 Å². The Morgan fingerprint density at radius 2 is 0.735 bits per heavy atom. The summed E-state index contributed by atoms with van der Waals surface area (Å²) >= 11 is 3.65. The first-order valence-electron chi connectivity index (χ1n) is 11.3. The number of rotatable bonds is 5. The lowest BCUT2D eigenvalue weighted by atomic mass is 9.97. The van der Waals surface area contributed by atoms with Gasteiger partial charge in [0.2, 0.25) is 0 Å². The van der Waals surface area contributed by atoms with Crippen molar-refractivity contribution in [2.45, 2.75) is 0 Å². The summed E-state index contributed by atoms with van der Waals surface area (Å²) in [5.41, 5.74) is 8.71. The lowest BCUT2D eigenvalue weighted by molar-refractivity contribution is 1.57. The summed E-state index contributed by atoms with van der Waals surface area (Å²) in [6, 6.07) is 45.9. The number of hydrogen-bond acceptors (Lipinski definition) is 2. The van der Waals surface area contributed by atoms with E-state index in [-0.39, 0.29) is 0 Å². The highest BCUT2D eigenvalue weighted by Crippen LogP contribution is 2.37. The third-order valence-electron chi connectivity index (χ3n) is 6.08.